The number of nitrogens with zero attached hydrogens (tertiary/aromatic N) is 2. The van der Waals surface area contributed by atoms with E-state index in [4.69, 9.17) is 4.74 Å². The Bertz CT molecular complexity index is 537. The molecule has 0 unspecified atom stereocenters. The van der Waals surface area contributed by atoms with Crippen LogP contribution in [0.3, 0.4) is 0 Å². The minimum atomic E-state index is -0.383. The van der Waals surface area contributed by atoms with E-state index in [1.807, 2.05) is 0 Å². The fourth-order valence-electron chi connectivity index (χ4n) is 2.59. The van der Waals surface area contributed by atoms with Gasteiger partial charge in [0.2, 0.25) is 0 Å². The van der Waals surface area contributed by atoms with Crippen LogP contribution in [0.25, 0.3) is 0 Å². The lowest BCUT2D eigenvalue weighted by molar-refractivity contribution is -0.386. The van der Waals surface area contributed by atoms with Gasteiger partial charge in [0.15, 0.2) is 0 Å². The quantitative estimate of drug-likeness (QED) is 0.475. The molecule has 3 rings (SSSR count). The fourth-order valence-corrected chi connectivity index (χ4v) is 2.59. The highest BCUT2D eigenvalue weighted by Gasteiger charge is 2.36. The molecule has 0 spiro atoms. The predicted octanol–water partition coefficient (Wildman–Crippen LogP) is 3.18. The first-order chi connectivity index (χ1) is 9.15. The second kappa shape index (κ2) is 4.74. The summed E-state index contributed by atoms with van der Waals surface area (Å²) in [5.41, 5.74) is 1.94. The minimum Gasteiger partial charge on any atom is -0.365 e. The SMILES string of the molecule is CC1=C[C@@H](C2CC2)O[C@@H](c2ccncc2[N+](=O)[O-])C1. The van der Waals surface area contributed by atoms with Crippen LogP contribution in [-0.2, 0) is 4.74 Å². The van der Waals surface area contributed by atoms with Crippen molar-refractivity contribution in [1.29, 1.82) is 0 Å². The maximum Gasteiger partial charge on any atom is 0.293 e. The number of hydrogen-bond acceptors (Lipinski definition) is 4. The fraction of sp³-hybridized carbons (Fsp3) is 0.500. The molecule has 100 valence electrons. The number of rotatable bonds is 3. The van der Waals surface area contributed by atoms with Crippen molar-refractivity contribution >= 4 is 5.69 Å². The average Bonchev–Trinajstić information content (AvgIpc) is 3.22. The van der Waals surface area contributed by atoms with E-state index in [1.165, 1.54) is 24.6 Å². The summed E-state index contributed by atoms with van der Waals surface area (Å²) >= 11 is 0. The Labute approximate surface area is 111 Å². The standard InChI is InChI=1S/C14H16N2O3/c1-9-6-13(10-2-3-10)19-14(7-9)11-4-5-15-8-12(11)16(17)18/h4-6,8,10,13-14H,2-3,7H2,1H3/t13-,14+/m0/s1. The normalized spacial score (nSPS) is 26.9. The van der Waals surface area contributed by atoms with Gasteiger partial charge in [-0.05, 0) is 38.2 Å². The topological polar surface area (TPSA) is 65.3 Å². The maximum absolute atomic E-state index is 11.1. The van der Waals surface area contributed by atoms with Crippen molar-refractivity contribution in [1.82, 2.24) is 4.98 Å². The second-order valence-corrected chi connectivity index (χ2v) is 5.34. The summed E-state index contributed by atoms with van der Waals surface area (Å²) in [7, 11) is 0. The summed E-state index contributed by atoms with van der Waals surface area (Å²) in [5.74, 6) is 0.596. The molecule has 0 radical (unpaired) electrons. The molecule has 0 bridgehead atoms. The predicted molar refractivity (Wildman–Crippen MR) is 69.6 cm³/mol. The number of pyridine rings is 1. The van der Waals surface area contributed by atoms with Crippen LogP contribution >= 0.6 is 0 Å². The maximum atomic E-state index is 11.1. The molecule has 1 fully saturated rings. The van der Waals surface area contributed by atoms with Gasteiger partial charge < -0.3 is 4.74 Å². The van der Waals surface area contributed by atoms with Crippen molar-refractivity contribution in [3.63, 3.8) is 0 Å². The Morgan fingerprint density at radius 2 is 2.26 bits per heavy atom. The lowest BCUT2D eigenvalue weighted by Gasteiger charge is -2.28. The van der Waals surface area contributed by atoms with Gasteiger partial charge in [0.05, 0.1) is 22.7 Å². The van der Waals surface area contributed by atoms with E-state index in [0.717, 1.165) is 0 Å². The summed E-state index contributed by atoms with van der Waals surface area (Å²) in [4.78, 5) is 14.5. The monoisotopic (exact) mass is 260 g/mol. The molecule has 0 amide bonds. The number of aromatic nitrogens is 1. The van der Waals surface area contributed by atoms with Crippen molar-refractivity contribution in [2.75, 3.05) is 0 Å². The van der Waals surface area contributed by atoms with Crippen LogP contribution in [0.5, 0.6) is 0 Å². The molecule has 1 aliphatic carbocycles. The summed E-state index contributed by atoms with van der Waals surface area (Å²) in [6.07, 6.45) is 8.06. The molecule has 5 nitrogen and oxygen atoms in total. The highest BCUT2D eigenvalue weighted by atomic mass is 16.6. The third-order valence-corrected chi connectivity index (χ3v) is 3.74. The zero-order valence-electron chi connectivity index (χ0n) is 10.8. The number of nitro groups is 1. The molecule has 2 aliphatic rings. The Kier molecular flexibility index (Phi) is 3.06. The van der Waals surface area contributed by atoms with E-state index >= 15 is 0 Å². The number of hydrogen-bond donors (Lipinski definition) is 0. The smallest absolute Gasteiger partial charge is 0.293 e. The molecule has 0 N–H and O–H groups in total. The van der Waals surface area contributed by atoms with Crippen LogP contribution in [0.1, 0.15) is 37.9 Å². The van der Waals surface area contributed by atoms with Gasteiger partial charge in [-0.15, -0.1) is 0 Å². The Balaban J connectivity index is 1.90. The first-order valence-electron chi connectivity index (χ1n) is 6.56. The molecule has 1 saturated carbocycles. The van der Waals surface area contributed by atoms with Gasteiger partial charge in [-0.2, -0.15) is 0 Å². The van der Waals surface area contributed by atoms with Gasteiger partial charge in [-0.1, -0.05) is 11.6 Å². The van der Waals surface area contributed by atoms with Crippen molar-refractivity contribution < 1.29 is 9.66 Å². The summed E-state index contributed by atoms with van der Waals surface area (Å²) in [5, 5.41) is 11.1. The molecule has 1 aromatic rings. The molecule has 1 aromatic heterocycles. The van der Waals surface area contributed by atoms with Crippen LogP contribution < -0.4 is 0 Å². The lowest BCUT2D eigenvalue weighted by Crippen LogP contribution is -2.22. The van der Waals surface area contributed by atoms with Crippen LogP contribution in [0, 0.1) is 16.0 Å². The van der Waals surface area contributed by atoms with E-state index < -0.39 is 0 Å². The van der Waals surface area contributed by atoms with E-state index in [0.29, 0.717) is 17.9 Å². The van der Waals surface area contributed by atoms with E-state index in [9.17, 15) is 10.1 Å². The van der Waals surface area contributed by atoms with Crippen LogP contribution in [0.2, 0.25) is 0 Å². The van der Waals surface area contributed by atoms with Crippen LogP contribution in [0.15, 0.2) is 30.1 Å². The van der Waals surface area contributed by atoms with Gasteiger partial charge in [-0.25, -0.2) is 0 Å². The van der Waals surface area contributed by atoms with Crippen molar-refractivity contribution in [2.45, 2.75) is 38.4 Å². The molecule has 0 aromatic carbocycles. The molecule has 0 saturated heterocycles. The lowest BCUT2D eigenvalue weighted by atomic mass is 9.96. The van der Waals surface area contributed by atoms with E-state index in [1.54, 1.807) is 12.3 Å². The molecule has 19 heavy (non-hydrogen) atoms. The molecular formula is C14H16N2O3. The van der Waals surface area contributed by atoms with Gasteiger partial charge in [0, 0.05) is 6.20 Å². The van der Waals surface area contributed by atoms with Gasteiger partial charge in [0.25, 0.3) is 5.69 Å². The summed E-state index contributed by atoms with van der Waals surface area (Å²) < 4.78 is 6.05. The number of ether oxygens (including phenoxy) is 1. The van der Waals surface area contributed by atoms with Crippen molar-refractivity contribution in [2.24, 2.45) is 5.92 Å². The Morgan fingerprint density at radius 1 is 1.47 bits per heavy atom. The van der Waals surface area contributed by atoms with Gasteiger partial charge >= 0.3 is 0 Å². The van der Waals surface area contributed by atoms with Gasteiger partial charge in [0.1, 0.15) is 6.20 Å². The Hall–Kier alpha value is -1.75. The molecule has 2 atom stereocenters. The first-order valence-corrected chi connectivity index (χ1v) is 6.56. The molecular weight excluding hydrogens is 244 g/mol. The van der Waals surface area contributed by atoms with Crippen LogP contribution in [-0.4, -0.2) is 16.0 Å². The first kappa shape index (κ1) is 12.3. The molecule has 2 heterocycles. The summed E-state index contributed by atoms with van der Waals surface area (Å²) in [6.45, 7) is 2.07. The van der Waals surface area contributed by atoms with Crippen molar-refractivity contribution in [3.8, 4) is 0 Å². The van der Waals surface area contributed by atoms with Crippen molar-refractivity contribution in [3.05, 3.63) is 45.8 Å². The van der Waals surface area contributed by atoms with Gasteiger partial charge in [-0.3, -0.25) is 15.1 Å². The molecule has 5 heteroatoms. The second-order valence-electron chi connectivity index (χ2n) is 5.34. The van der Waals surface area contributed by atoms with E-state index in [-0.39, 0.29) is 22.8 Å². The zero-order chi connectivity index (χ0) is 13.4. The Morgan fingerprint density at radius 3 is 2.95 bits per heavy atom. The zero-order valence-corrected chi connectivity index (χ0v) is 10.8. The molecule has 1 aliphatic heterocycles. The highest BCUT2D eigenvalue weighted by Crippen LogP contribution is 2.43. The third-order valence-electron chi connectivity index (χ3n) is 3.74. The summed E-state index contributed by atoms with van der Waals surface area (Å²) in [6, 6.07) is 1.70. The third kappa shape index (κ3) is 2.51. The minimum absolute atomic E-state index is 0.0525. The largest absolute Gasteiger partial charge is 0.365 e. The highest BCUT2D eigenvalue weighted by molar-refractivity contribution is 5.39. The average molecular weight is 260 g/mol. The van der Waals surface area contributed by atoms with Crippen LogP contribution in [0.4, 0.5) is 5.69 Å². The van der Waals surface area contributed by atoms with E-state index in [2.05, 4.69) is 18.0 Å².